The van der Waals surface area contributed by atoms with Crippen LogP contribution in [0.25, 0.3) is 0 Å². The fraction of sp³-hybridized carbons (Fsp3) is 0.429. The summed E-state index contributed by atoms with van der Waals surface area (Å²) in [6.07, 6.45) is 7.44. The molecule has 0 aliphatic carbocycles. The highest BCUT2D eigenvalue weighted by molar-refractivity contribution is 5.77. The van der Waals surface area contributed by atoms with E-state index in [1.54, 1.807) is 0 Å². The molecule has 130 valence electrons. The van der Waals surface area contributed by atoms with E-state index in [-0.39, 0.29) is 0 Å². The van der Waals surface area contributed by atoms with Crippen LogP contribution in [-0.2, 0) is 11.2 Å². The number of carbonyl (C=O) groups excluding carboxylic acids is 1. The molecule has 4 rings (SSSR count). The summed E-state index contributed by atoms with van der Waals surface area (Å²) in [5, 5.41) is 0. The molecule has 25 heavy (non-hydrogen) atoms. The van der Waals surface area contributed by atoms with Gasteiger partial charge in [-0.1, -0.05) is 30.3 Å². The quantitative estimate of drug-likeness (QED) is 0.861. The van der Waals surface area contributed by atoms with E-state index in [2.05, 4.69) is 51.2 Å². The molecule has 0 spiro atoms. The molecule has 1 aromatic carbocycles. The van der Waals surface area contributed by atoms with Crippen molar-refractivity contribution in [1.82, 2.24) is 9.88 Å². The molecule has 3 heterocycles. The Kier molecular flexibility index (Phi) is 4.68. The van der Waals surface area contributed by atoms with Crippen molar-refractivity contribution < 1.29 is 4.79 Å². The number of likely N-dealkylation sites (tertiary alicyclic amines) is 1. The number of hydrogen-bond acceptors (Lipinski definition) is 3. The minimum atomic E-state index is 0.342. The van der Waals surface area contributed by atoms with Crippen molar-refractivity contribution in [1.29, 1.82) is 0 Å². The Hall–Kier alpha value is -2.36. The van der Waals surface area contributed by atoms with Gasteiger partial charge < -0.3 is 9.80 Å². The van der Waals surface area contributed by atoms with E-state index in [1.165, 1.54) is 11.3 Å². The molecule has 0 radical (unpaired) electrons. The first kappa shape index (κ1) is 16.1. The Morgan fingerprint density at radius 1 is 1.04 bits per heavy atom. The molecule has 1 aromatic heterocycles. The summed E-state index contributed by atoms with van der Waals surface area (Å²) in [5.74, 6) is 0.921. The van der Waals surface area contributed by atoms with E-state index in [1.807, 2.05) is 18.5 Å². The van der Waals surface area contributed by atoms with E-state index < -0.39 is 0 Å². The summed E-state index contributed by atoms with van der Waals surface area (Å²) in [4.78, 5) is 21.3. The van der Waals surface area contributed by atoms with Crippen molar-refractivity contribution in [2.24, 2.45) is 5.92 Å². The van der Waals surface area contributed by atoms with Crippen LogP contribution >= 0.6 is 0 Å². The fourth-order valence-electron chi connectivity index (χ4n) is 4.33. The maximum atomic E-state index is 12.5. The van der Waals surface area contributed by atoms with Crippen molar-refractivity contribution in [3.05, 3.63) is 60.4 Å². The van der Waals surface area contributed by atoms with E-state index in [4.69, 9.17) is 0 Å². The normalized spacial score (nSPS) is 23.4. The Morgan fingerprint density at radius 3 is 2.64 bits per heavy atom. The summed E-state index contributed by atoms with van der Waals surface area (Å²) >= 11 is 0. The lowest BCUT2D eigenvalue weighted by molar-refractivity contribution is -0.139. The highest BCUT2D eigenvalue weighted by atomic mass is 16.2. The molecule has 2 atom stereocenters. The van der Waals surface area contributed by atoms with Gasteiger partial charge >= 0.3 is 0 Å². The number of hydrogen-bond donors (Lipinski definition) is 0. The van der Waals surface area contributed by atoms with E-state index >= 15 is 0 Å². The molecule has 0 unspecified atom stereocenters. The third kappa shape index (κ3) is 3.53. The number of fused-ring (bicyclic) bond motifs is 1. The zero-order chi connectivity index (χ0) is 17.1. The number of rotatable bonds is 4. The molecule has 1 amide bonds. The SMILES string of the molecule is O=C1CC[C@H]2CN(c3ccncc3)CC[C@H]2N1CCc1ccccc1. The molecule has 2 fully saturated rings. The molecule has 2 aromatic rings. The average Bonchev–Trinajstić information content (AvgIpc) is 2.68. The lowest BCUT2D eigenvalue weighted by Gasteiger charge is -2.47. The van der Waals surface area contributed by atoms with Gasteiger partial charge in [-0.25, -0.2) is 0 Å². The van der Waals surface area contributed by atoms with Crippen LogP contribution in [0.4, 0.5) is 5.69 Å². The number of nitrogens with zero attached hydrogens (tertiary/aromatic N) is 3. The first-order chi connectivity index (χ1) is 12.3. The van der Waals surface area contributed by atoms with Gasteiger partial charge in [0.05, 0.1) is 0 Å². The Bertz CT molecular complexity index is 704. The minimum Gasteiger partial charge on any atom is -0.371 e. The number of piperidine rings is 2. The van der Waals surface area contributed by atoms with Gasteiger partial charge in [-0.05, 0) is 42.9 Å². The molecule has 2 saturated heterocycles. The molecule has 4 heteroatoms. The maximum Gasteiger partial charge on any atom is 0.222 e. The Labute approximate surface area is 149 Å². The number of benzene rings is 1. The summed E-state index contributed by atoms with van der Waals surface area (Å²) in [7, 11) is 0. The van der Waals surface area contributed by atoms with Gasteiger partial charge in [0, 0.05) is 50.2 Å². The highest BCUT2D eigenvalue weighted by Gasteiger charge is 2.39. The van der Waals surface area contributed by atoms with Gasteiger partial charge in [0.2, 0.25) is 5.91 Å². The van der Waals surface area contributed by atoms with E-state index in [0.717, 1.165) is 38.9 Å². The lowest BCUT2D eigenvalue weighted by atomic mass is 9.83. The van der Waals surface area contributed by atoms with Gasteiger partial charge in [-0.15, -0.1) is 0 Å². The molecule has 0 bridgehead atoms. The van der Waals surface area contributed by atoms with Crippen LogP contribution in [0.3, 0.4) is 0 Å². The van der Waals surface area contributed by atoms with Crippen molar-refractivity contribution in [3.8, 4) is 0 Å². The second kappa shape index (κ2) is 7.26. The van der Waals surface area contributed by atoms with Crippen molar-refractivity contribution >= 4 is 11.6 Å². The van der Waals surface area contributed by atoms with Gasteiger partial charge in [0.15, 0.2) is 0 Å². The summed E-state index contributed by atoms with van der Waals surface area (Å²) < 4.78 is 0. The second-order valence-electron chi connectivity index (χ2n) is 7.13. The van der Waals surface area contributed by atoms with Crippen LogP contribution in [0.15, 0.2) is 54.9 Å². The first-order valence-corrected chi connectivity index (χ1v) is 9.29. The summed E-state index contributed by atoms with van der Waals surface area (Å²) in [6.45, 7) is 2.91. The molecule has 2 aliphatic rings. The van der Waals surface area contributed by atoms with Crippen LogP contribution in [0.2, 0.25) is 0 Å². The zero-order valence-electron chi connectivity index (χ0n) is 14.6. The predicted octanol–water partition coefficient (Wildman–Crippen LogP) is 3.14. The number of anilines is 1. The standard InChI is InChI=1S/C21H25N3O/c25-21-7-6-18-16-23(19-8-12-22-13-9-19)14-11-20(18)24(21)15-10-17-4-2-1-3-5-17/h1-5,8-9,12-13,18,20H,6-7,10-11,14-16H2/t18-,20+/m0/s1. The fourth-order valence-corrected chi connectivity index (χ4v) is 4.33. The minimum absolute atomic E-state index is 0.342. The van der Waals surface area contributed by atoms with Gasteiger partial charge in [0.25, 0.3) is 0 Å². The second-order valence-corrected chi connectivity index (χ2v) is 7.13. The van der Waals surface area contributed by atoms with E-state index in [9.17, 15) is 4.79 Å². The van der Waals surface area contributed by atoms with Crippen molar-refractivity contribution in [2.45, 2.75) is 31.7 Å². The molecular weight excluding hydrogens is 310 g/mol. The number of carbonyl (C=O) groups is 1. The van der Waals surface area contributed by atoms with Crippen LogP contribution < -0.4 is 4.90 Å². The van der Waals surface area contributed by atoms with Crippen molar-refractivity contribution in [2.75, 3.05) is 24.5 Å². The number of amides is 1. The molecule has 0 N–H and O–H groups in total. The van der Waals surface area contributed by atoms with E-state index in [0.29, 0.717) is 24.3 Å². The lowest BCUT2D eigenvalue weighted by Crippen LogP contribution is -2.56. The Balaban J connectivity index is 1.43. The van der Waals surface area contributed by atoms with Gasteiger partial charge in [-0.2, -0.15) is 0 Å². The smallest absolute Gasteiger partial charge is 0.222 e. The first-order valence-electron chi connectivity index (χ1n) is 9.29. The molecular formula is C21H25N3O. The Morgan fingerprint density at radius 2 is 1.84 bits per heavy atom. The zero-order valence-corrected chi connectivity index (χ0v) is 14.6. The molecule has 0 saturated carbocycles. The van der Waals surface area contributed by atoms with Crippen LogP contribution in [0.5, 0.6) is 0 Å². The summed E-state index contributed by atoms with van der Waals surface area (Å²) in [5.41, 5.74) is 2.56. The predicted molar refractivity (Wildman–Crippen MR) is 99.4 cm³/mol. The van der Waals surface area contributed by atoms with Crippen molar-refractivity contribution in [3.63, 3.8) is 0 Å². The maximum absolute atomic E-state index is 12.5. The van der Waals surface area contributed by atoms with Crippen LogP contribution in [0, 0.1) is 5.92 Å². The average molecular weight is 335 g/mol. The third-order valence-corrected chi connectivity index (χ3v) is 5.66. The highest BCUT2D eigenvalue weighted by Crippen LogP contribution is 2.33. The van der Waals surface area contributed by atoms with Crippen LogP contribution in [0.1, 0.15) is 24.8 Å². The number of aromatic nitrogens is 1. The molecule has 4 nitrogen and oxygen atoms in total. The van der Waals surface area contributed by atoms with Crippen LogP contribution in [-0.4, -0.2) is 41.5 Å². The number of pyridine rings is 1. The third-order valence-electron chi connectivity index (χ3n) is 5.66. The topological polar surface area (TPSA) is 36.4 Å². The largest absolute Gasteiger partial charge is 0.371 e. The van der Waals surface area contributed by atoms with Gasteiger partial charge in [0.1, 0.15) is 0 Å². The molecule has 2 aliphatic heterocycles. The summed E-state index contributed by atoms with van der Waals surface area (Å²) in [6, 6.07) is 15.1. The van der Waals surface area contributed by atoms with Gasteiger partial charge in [-0.3, -0.25) is 9.78 Å². The monoisotopic (exact) mass is 335 g/mol.